The van der Waals surface area contributed by atoms with Crippen LogP contribution in [-0.4, -0.2) is 59.8 Å². The Balaban J connectivity index is 1.56. The average Bonchev–Trinajstić information content (AvgIpc) is 3.06. The maximum atomic E-state index is 12.8. The molecule has 1 saturated heterocycles. The van der Waals surface area contributed by atoms with Gasteiger partial charge in [0.1, 0.15) is 5.76 Å². The van der Waals surface area contributed by atoms with E-state index in [1.54, 1.807) is 12.4 Å². The second-order valence-corrected chi connectivity index (χ2v) is 7.66. The summed E-state index contributed by atoms with van der Waals surface area (Å²) < 4.78 is 39.5. The van der Waals surface area contributed by atoms with Crippen molar-refractivity contribution in [3.8, 4) is 11.5 Å². The molecule has 2 aliphatic rings. The minimum Gasteiger partial charge on any atom is -0.441 e. The summed E-state index contributed by atoms with van der Waals surface area (Å²) in [6, 6.07) is 3.68. The third-order valence-electron chi connectivity index (χ3n) is 4.22. The standard InChI is InChI=1S/C15H18N4O4S/c20-24(21,18-6-8-22-9-7-18)19-5-3-14-13(11-19)17-15(23-14)12-2-1-4-16-10-12/h1-2,4,10H,3,5-9,11H2. The number of nitrogens with zero attached hydrogens (tertiary/aromatic N) is 4. The molecule has 0 unspecified atom stereocenters. The van der Waals surface area contributed by atoms with E-state index in [-0.39, 0.29) is 6.54 Å². The molecule has 2 aliphatic heterocycles. The molecule has 0 spiro atoms. The number of hydrogen-bond donors (Lipinski definition) is 0. The van der Waals surface area contributed by atoms with Crippen molar-refractivity contribution < 1.29 is 17.6 Å². The Morgan fingerprint density at radius 2 is 1.96 bits per heavy atom. The lowest BCUT2D eigenvalue weighted by Gasteiger charge is -2.33. The van der Waals surface area contributed by atoms with E-state index in [2.05, 4.69) is 9.97 Å². The fraction of sp³-hybridized carbons (Fsp3) is 0.467. The molecule has 0 N–H and O–H groups in total. The fourth-order valence-electron chi connectivity index (χ4n) is 2.92. The summed E-state index contributed by atoms with van der Waals surface area (Å²) in [7, 11) is -3.49. The van der Waals surface area contributed by atoms with Crippen LogP contribution < -0.4 is 0 Å². The van der Waals surface area contributed by atoms with Crippen molar-refractivity contribution >= 4 is 10.2 Å². The van der Waals surface area contributed by atoms with E-state index in [0.717, 1.165) is 11.3 Å². The van der Waals surface area contributed by atoms with Gasteiger partial charge in [-0.2, -0.15) is 17.0 Å². The fourth-order valence-corrected chi connectivity index (χ4v) is 4.47. The lowest BCUT2D eigenvalue weighted by atomic mass is 10.2. The van der Waals surface area contributed by atoms with Gasteiger partial charge in [-0.3, -0.25) is 4.98 Å². The first-order chi connectivity index (χ1) is 11.6. The Morgan fingerprint density at radius 3 is 2.71 bits per heavy atom. The number of ether oxygens (including phenoxy) is 1. The predicted molar refractivity (Wildman–Crippen MR) is 85.2 cm³/mol. The number of rotatable bonds is 3. The van der Waals surface area contributed by atoms with Gasteiger partial charge in [-0.15, -0.1) is 0 Å². The maximum Gasteiger partial charge on any atom is 0.282 e. The van der Waals surface area contributed by atoms with Crippen LogP contribution in [0.25, 0.3) is 11.5 Å². The Kier molecular flexibility index (Phi) is 4.09. The van der Waals surface area contributed by atoms with Crippen LogP contribution in [0.3, 0.4) is 0 Å². The van der Waals surface area contributed by atoms with E-state index < -0.39 is 10.2 Å². The summed E-state index contributed by atoms with van der Waals surface area (Å²) in [5.41, 5.74) is 1.46. The Bertz CT molecular complexity index is 815. The quantitative estimate of drug-likeness (QED) is 0.808. The van der Waals surface area contributed by atoms with Crippen molar-refractivity contribution in [3.05, 3.63) is 36.0 Å². The van der Waals surface area contributed by atoms with Crippen LogP contribution in [-0.2, 0) is 27.9 Å². The molecule has 0 atom stereocenters. The first-order valence-corrected chi connectivity index (χ1v) is 9.26. The topological polar surface area (TPSA) is 88.8 Å². The van der Waals surface area contributed by atoms with Crippen LogP contribution in [0.5, 0.6) is 0 Å². The molecule has 24 heavy (non-hydrogen) atoms. The molecule has 9 heteroatoms. The second-order valence-electron chi connectivity index (χ2n) is 5.73. The highest BCUT2D eigenvalue weighted by atomic mass is 32.2. The minimum atomic E-state index is -3.49. The molecule has 0 aromatic carbocycles. The van der Waals surface area contributed by atoms with Gasteiger partial charge in [-0.05, 0) is 12.1 Å². The largest absolute Gasteiger partial charge is 0.441 e. The predicted octanol–water partition coefficient (Wildman–Crippen LogP) is 0.672. The van der Waals surface area contributed by atoms with Gasteiger partial charge in [0.05, 0.1) is 31.0 Å². The Labute approximate surface area is 140 Å². The minimum absolute atomic E-state index is 0.235. The summed E-state index contributed by atoms with van der Waals surface area (Å²) in [4.78, 5) is 8.53. The third-order valence-corrected chi connectivity index (χ3v) is 6.21. The first-order valence-electron chi connectivity index (χ1n) is 7.86. The molecule has 0 radical (unpaired) electrons. The number of hydrogen-bond acceptors (Lipinski definition) is 6. The van der Waals surface area contributed by atoms with Crippen LogP contribution in [0, 0.1) is 0 Å². The van der Waals surface area contributed by atoms with E-state index in [0.29, 0.717) is 50.9 Å². The number of aromatic nitrogens is 2. The van der Waals surface area contributed by atoms with E-state index in [1.165, 1.54) is 8.61 Å². The van der Waals surface area contributed by atoms with Crippen molar-refractivity contribution in [3.63, 3.8) is 0 Å². The average molecular weight is 350 g/mol. The molecule has 2 aromatic rings. The zero-order valence-electron chi connectivity index (χ0n) is 13.1. The zero-order chi connectivity index (χ0) is 16.6. The van der Waals surface area contributed by atoms with Gasteiger partial charge in [0.2, 0.25) is 5.89 Å². The number of oxazole rings is 1. The van der Waals surface area contributed by atoms with Crippen LogP contribution in [0.2, 0.25) is 0 Å². The summed E-state index contributed by atoms with van der Waals surface area (Å²) in [5, 5.41) is 0. The summed E-state index contributed by atoms with van der Waals surface area (Å²) in [5.74, 6) is 1.24. The van der Waals surface area contributed by atoms with Gasteiger partial charge in [0, 0.05) is 38.4 Å². The van der Waals surface area contributed by atoms with E-state index in [4.69, 9.17) is 9.15 Å². The molecule has 4 rings (SSSR count). The van der Waals surface area contributed by atoms with Crippen LogP contribution in [0.4, 0.5) is 0 Å². The first kappa shape index (κ1) is 15.7. The number of fused-ring (bicyclic) bond motifs is 1. The Morgan fingerprint density at radius 1 is 1.12 bits per heavy atom. The molecule has 128 valence electrons. The maximum absolute atomic E-state index is 12.8. The van der Waals surface area contributed by atoms with Crippen LogP contribution in [0.15, 0.2) is 28.9 Å². The zero-order valence-corrected chi connectivity index (χ0v) is 13.9. The summed E-state index contributed by atoms with van der Waals surface area (Å²) in [6.45, 7) is 2.30. The van der Waals surface area contributed by atoms with Crippen LogP contribution >= 0.6 is 0 Å². The van der Waals surface area contributed by atoms with Crippen molar-refractivity contribution in [1.82, 2.24) is 18.6 Å². The molecule has 0 saturated carbocycles. The summed E-state index contributed by atoms with van der Waals surface area (Å²) in [6.07, 6.45) is 3.88. The SMILES string of the molecule is O=S(=O)(N1CCOCC1)N1CCc2oc(-c3cccnc3)nc2C1. The molecular formula is C15H18N4O4S. The molecule has 2 aromatic heterocycles. The van der Waals surface area contributed by atoms with E-state index >= 15 is 0 Å². The van der Waals surface area contributed by atoms with Gasteiger partial charge in [-0.1, -0.05) is 0 Å². The van der Waals surface area contributed by atoms with Crippen LogP contribution in [0.1, 0.15) is 11.5 Å². The smallest absolute Gasteiger partial charge is 0.282 e. The van der Waals surface area contributed by atoms with Crippen molar-refractivity contribution in [2.24, 2.45) is 0 Å². The lowest BCUT2D eigenvalue weighted by molar-refractivity contribution is 0.0698. The van der Waals surface area contributed by atoms with E-state index in [1.807, 2.05) is 12.1 Å². The monoisotopic (exact) mass is 350 g/mol. The van der Waals surface area contributed by atoms with Gasteiger partial charge >= 0.3 is 0 Å². The van der Waals surface area contributed by atoms with E-state index in [9.17, 15) is 8.42 Å². The lowest BCUT2D eigenvalue weighted by Crippen LogP contribution is -2.49. The highest BCUT2D eigenvalue weighted by Crippen LogP contribution is 2.27. The third kappa shape index (κ3) is 2.84. The molecule has 1 fully saturated rings. The Hall–Kier alpha value is -1.81. The molecule has 4 heterocycles. The van der Waals surface area contributed by atoms with Crippen molar-refractivity contribution in [2.75, 3.05) is 32.8 Å². The molecule has 0 bridgehead atoms. The normalized spacial score (nSPS) is 20.0. The second kappa shape index (κ2) is 6.25. The number of morpholine rings is 1. The van der Waals surface area contributed by atoms with Gasteiger partial charge < -0.3 is 9.15 Å². The highest BCUT2D eigenvalue weighted by Gasteiger charge is 2.35. The molecular weight excluding hydrogens is 332 g/mol. The highest BCUT2D eigenvalue weighted by molar-refractivity contribution is 7.86. The van der Waals surface area contributed by atoms with Crippen molar-refractivity contribution in [1.29, 1.82) is 0 Å². The summed E-state index contributed by atoms with van der Waals surface area (Å²) >= 11 is 0. The number of pyridine rings is 1. The van der Waals surface area contributed by atoms with Gasteiger partial charge in [0.15, 0.2) is 0 Å². The molecule has 0 amide bonds. The van der Waals surface area contributed by atoms with Gasteiger partial charge in [0.25, 0.3) is 10.2 Å². The van der Waals surface area contributed by atoms with Crippen molar-refractivity contribution in [2.45, 2.75) is 13.0 Å². The molecule has 0 aliphatic carbocycles. The molecule has 8 nitrogen and oxygen atoms in total. The van der Waals surface area contributed by atoms with Gasteiger partial charge in [-0.25, -0.2) is 4.98 Å².